The van der Waals surface area contributed by atoms with Gasteiger partial charge >= 0.3 is 0 Å². The fourth-order valence-corrected chi connectivity index (χ4v) is 4.89. The number of rotatable bonds is 4. The Bertz CT molecular complexity index is 498. The lowest BCUT2D eigenvalue weighted by molar-refractivity contribution is 0.0370. The third kappa shape index (κ3) is 4.22. The Kier molecular flexibility index (Phi) is 4.12. The number of nitrogens with two attached hydrogens (primary N) is 1. The number of nitrogens with one attached hydrogen (secondary N) is 1. The van der Waals surface area contributed by atoms with Crippen LogP contribution < -0.4 is 5.73 Å². The number of amidine groups is 1. The Morgan fingerprint density at radius 1 is 1.47 bits per heavy atom. The summed E-state index contributed by atoms with van der Waals surface area (Å²) >= 11 is 0. The lowest BCUT2D eigenvalue weighted by Gasteiger charge is -2.31. The van der Waals surface area contributed by atoms with Gasteiger partial charge in [0, 0.05) is 19.3 Å². The van der Waals surface area contributed by atoms with Gasteiger partial charge in [-0.2, -0.15) is 4.31 Å². The summed E-state index contributed by atoms with van der Waals surface area (Å²) in [5, 5.41) is 6.24. The molecule has 1 heterocycles. The van der Waals surface area contributed by atoms with Crippen LogP contribution in [0, 0.1) is 5.41 Å². The third-order valence-corrected chi connectivity index (χ3v) is 6.15. The quantitative estimate of drug-likeness (QED) is 0.452. The largest absolute Gasteiger partial charge is 0.385 e. The van der Waals surface area contributed by atoms with Crippen LogP contribution in [-0.4, -0.2) is 64.1 Å². The number of hydrogen-bond donors (Lipinski definition) is 2. The Morgan fingerprint density at radius 2 is 2.06 bits per heavy atom. The van der Waals surface area contributed by atoms with Gasteiger partial charge in [-0.25, -0.2) is 16.8 Å². The van der Waals surface area contributed by atoms with Crippen LogP contribution in [0.1, 0.15) is 0 Å². The number of sulfone groups is 1. The lowest BCUT2D eigenvalue weighted by atomic mass is 10.3. The number of morpholine rings is 1. The zero-order valence-electron chi connectivity index (χ0n) is 9.29. The van der Waals surface area contributed by atoms with Crippen molar-refractivity contribution in [3.05, 3.63) is 0 Å². The van der Waals surface area contributed by atoms with Crippen molar-refractivity contribution in [2.75, 3.05) is 31.0 Å². The predicted molar refractivity (Wildman–Crippen MR) is 61.9 cm³/mol. The van der Waals surface area contributed by atoms with E-state index in [4.69, 9.17) is 15.9 Å². The second-order valence-electron chi connectivity index (χ2n) is 3.83. The first-order valence-electron chi connectivity index (χ1n) is 4.73. The molecular formula is C7H15N3O5S2. The van der Waals surface area contributed by atoms with Crippen molar-refractivity contribution in [3.8, 4) is 0 Å². The molecule has 1 aliphatic rings. The van der Waals surface area contributed by atoms with Gasteiger partial charge in [0.15, 0.2) is 14.9 Å². The van der Waals surface area contributed by atoms with Gasteiger partial charge in [-0.15, -0.1) is 0 Å². The van der Waals surface area contributed by atoms with Crippen LogP contribution in [0.2, 0.25) is 0 Å². The van der Waals surface area contributed by atoms with Gasteiger partial charge in [-0.05, 0) is 0 Å². The van der Waals surface area contributed by atoms with Crippen LogP contribution >= 0.6 is 0 Å². The third-order valence-electron chi connectivity index (χ3n) is 2.13. The smallest absolute Gasteiger partial charge is 0.228 e. The lowest BCUT2D eigenvalue weighted by Crippen LogP contribution is -2.51. The second-order valence-corrected chi connectivity index (χ2v) is 8.30. The van der Waals surface area contributed by atoms with Gasteiger partial charge in [0.05, 0.1) is 6.61 Å². The van der Waals surface area contributed by atoms with E-state index in [-0.39, 0.29) is 25.5 Å². The summed E-state index contributed by atoms with van der Waals surface area (Å²) in [4.78, 5) is 0. The van der Waals surface area contributed by atoms with E-state index in [1.165, 1.54) is 0 Å². The van der Waals surface area contributed by atoms with E-state index < -0.39 is 31.0 Å². The maximum absolute atomic E-state index is 11.7. The molecule has 1 unspecified atom stereocenters. The van der Waals surface area contributed by atoms with Gasteiger partial charge in [0.25, 0.3) is 0 Å². The molecule has 17 heavy (non-hydrogen) atoms. The van der Waals surface area contributed by atoms with Crippen molar-refractivity contribution < 1.29 is 21.6 Å². The molecule has 1 saturated heterocycles. The van der Waals surface area contributed by atoms with E-state index in [0.29, 0.717) is 0 Å². The second kappa shape index (κ2) is 4.88. The first kappa shape index (κ1) is 14.4. The summed E-state index contributed by atoms with van der Waals surface area (Å²) < 4.78 is 51.6. The highest BCUT2D eigenvalue weighted by Gasteiger charge is 2.32. The summed E-state index contributed by atoms with van der Waals surface area (Å²) in [6.45, 7) is 0.0437. The molecule has 100 valence electrons. The normalized spacial score (nSPS) is 23.5. The van der Waals surface area contributed by atoms with E-state index in [0.717, 1.165) is 10.6 Å². The van der Waals surface area contributed by atoms with Gasteiger partial charge in [0.2, 0.25) is 10.0 Å². The summed E-state index contributed by atoms with van der Waals surface area (Å²) in [5.74, 6) is -0.274. The minimum Gasteiger partial charge on any atom is -0.385 e. The molecule has 1 fully saturated rings. The summed E-state index contributed by atoms with van der Waals surface area (Å²) in [5.41, 5.74) is 5.22. The van der Waals surface area contributed by atoms with Crippen LogP contribution in [0.4, 0.5) is 0 Å². The van der Waals surface area contributed by atoms with E-state index in [1.807, 2.05) is 0 Å². The van der Waals surface area contributed by atoms with Crippen molar-refractivity contribution >= 4 is 25.7 Å². The molecule has 0 aromatic carbocycles. The van der Waals surface area contributed by atoms with Crippen LogP contribution in [0.5, 0.6) is 0 Å². The van der Waals surface area contributed by atoms with Gasteiger partial charge in [-0.3, -0.25) is 5.41 Å². The Balaban J connectivity index is 2.82. The number of hydrogen-bond acceptors (Lipinski definition) is 6. The first-order chi connectivity index (χ1) is 7.62. The monoisotopic (exact) mass is 285 g/mol. The first-order valence-corrected chi connectivity index (χ1v) is 8.40. The summed E-state index contributed by atoms with van der Waals surface area (Å²) in [7, 11) is -7.52. The van der Waals surface area contributed by atoms with Crippen molar-refractivity contribution in [1.29, 1.82) is 5.41 Å². The molecule has 1 rings (SSSR count). The minimum absolute atomic E-state index is 0.0711. The number of ether oxygens (including phenoxy) is 1. The van der Waals surface area contributed by atoms with Crippen molar-refractivity contribution in [2.45, 2.75) is 6.10 Å². The van der Waals surface area contributed by atoms with Crippen LogP contribution in [0.15, 0.2) is 0 Å². The molecule has 3 N–H and O–H groups in total. The van der Waals surface area contributed by atoms with Crippen molar-refractivity contribution in [1.82, 2.24) is 4.31 Å². The average molecular weight is 285 g/mol. The molecular weight excluding hydrogens is 270 g/mol. The van der Waals surface area contributed by atoms with E-state index >= 15 is 0 Å². The predicted octanol–water partition coefficient (Wildman–Crippen LogP) is -2.04. The summed E-state index contributed by atoms with van der Waals surface area (Å²) in [6, 6.07) is 0. The maximum Gasteiger partial charge on any atom is 0.228 e. The molecule has 0 radical (unpaired) electrons. The van der Waals surface area contributed by atoms with Gasteiger partial charge < -0.3 is 10.5 Å². The van der Waals surface area contributed by atoms with Crippen molar-refractivity contribution in [2.24, 2.45) is 5.73 Å². The number of sulfonamides is 1. The van der Waals surface area contributed by atoms with E-state index in [9.17, 15) is 16.8 Å². The molecule has 1 aliphatic heterocycles. The van der Waals surface area contributed by atoms with Crippen LogP contribution in [-0.2, 0) is 24.6 Å². The zero-order valence-corrected chi connectivity index (χ0v) is 10.9. The SMILES string of the molecule is CS(=O)(=O)CS(=O)(=O)N1CCOC(C(=N)N)C1. The van der Waals surface area contributed by atoms with Gasteiger partial charge in [-0.1, -0.05) is 0 Å². The number of nitrogens with zero attached hydrogens (tertiary/aromatic N) is 1. The fraction of sp³-hybridized carbons (Fsp3) is 0.857. The highest BCUT2D eigenvalue weighted by molar-refractivity contribution is 8.06. The Morgan fingerprint density at radius 3 is 2.53 bits per heavy atom. The van der Waals surface area contributed by atoms with Crippen molar-refractivity contribution in [3.63, 3.8) is 0 Å². The Hall–Kier alpha value is -0.710. The average Bonchev–Trinajstić information content (AvgIpc) is 2.14. The van der Waals surface area contributed by atoms with Crippen LogP contribution in [0.25, 0.3) is 0 Å². The molecule has 0 aromatic heterocycles. The topological polar surface area (TPSA) is 131 Å². The van der Waals surface area contributed by atoms with E-state index in [2.05, 4.69) is 0 Å². The van der Waals surface area contributed by atoms with Crippen LogP contribution in [0.3, 0.4) is 0 Å². The summed E-state index contributed by atoms with van der Waals surface area (Å²) in [6.07, 6.45) is 0.0473. The molecule has 8 nitrogen and oxygen atoms in total. The maximum atomic E-state index is 11.7. The standard InChI is InChI=1S/C7H15N3O5S2/c1-16(11,12)5-17(13,14)10-2-3-15-6(4-10)7(8)9/h6H,2-5H2,1H3,(H3,8,9). The zero-order chi connectivity index (χ0) is 13.3. The Labute approximate surface area is 100 Å². The molecule has 0 saturated carbocycles. The molecule has 0 spiro atoms. The molecule has 1 atom stereocenters. The minimum atomic E-state index is -3.89. The fourth-order valence-electron chi connectivity index (χ4n) is 1.41. The highest BCUT2D eigenvalue weighted by atomic mass is 32.3. The van der Waals surface area contributed by atoms with E-state index in [1.54, 1.807) is 0 Å². The molecule has 0 aromatic rings. The molecule has 0 amide bonds. The molecule has 0 bridgehead atoms. The van der Waals surface area contributed by atoms with Gasteiger partial charge in [0.1, 0.15) is 11.9 Å². The molecule has 10 heteroatoms. The molecule has 0 aliphatic carbocycles. The highest BCUT2D eigenvalue weighted by Crippen LogP contribution is 2.11.